The molecule has 0 bridgehead atoms. The molecule has 3 atom stereocenters. The van der Waals surface area contributed by atoms with Gasteiger partial charge in [0.15, 0.2) is 0 Å². The van der Waals surface area contributed by atoms with E-state index >= 15 is 0 Å². The van der Waals surface area contributed by atoms with Gasteiger partial charge in [0.2, 0.25) is 0 Å². The summed E-state index contributed by atoms with van der Waals surface area (Å²) in [5.74, 6) is -0.136. The Morgan fingerprint density at radius 2 is 1.35 bits per heavy atom. The number of nitrogens with zero attached hydrogens (tertiary/aromatic N) is 2. The largest absolute Gasteiger partial charge is 0.358 e. The molecule has 0 radical (unpaired) electrons. The van der Waals surface area contributed by atoms with Crippen LogP contribution in [0.5, 0.6) is 0 Å². The summed E-state index contributed by atoms with van der Waals surface area (Å²) in [6, 6.07) is 41.1. The molecule has 1 fully saturated rings. The van der Waals surface area contributed by atoms with E-state index in [1.165, 1.54) is 4.57 Å². The number of amides is 1. The fourth-order valence-corrected chi connectivity index (χ4v) is 6.28. The summed E-state index contributed by atoms with van der Waals surface area (Å²) in [5, 5.41) is 2.69. The summed E-state index contributed by atoms with van der Waals surface area (Å²) < 4.78 is 15.0. The van der Waals surface area contributed by atoms with Gasteiger partial charge in [0.25, 0.3) is 5.91 Å². The zero-order valence-electron chi connectivity index (χ0n) is 23.3. The lowest BCUT2D eigenvalue weighted by Crippen LogP contribution is -2.37. The third kappa shape index (κ3) is 6.17. The number of hydrogen-bond acceptors (Lipinski definition) is 5. The first-order valence-electron chi connectivity index (χ1n) is 14.1. The van der Waals surface area contributed by atoms with Gasteiger partial charge < -0.3 is 14.8 Å². The van der Waals surface area contributed by atoms with Gasteiger partial charge in [-0.3, -0.25) is 9.36 Å². The number of carbonyl (C=O) groups is 1. The Morgan fingerprint density at radius 1 is 0.837 bits per heavy atom. The molecule has 7 nitrogen and oxygen atoms in total. The molecule has 2 heterocycles. The molecule has 0 saturated carbocycles. The quantitative estimate of drug-likeness (QED) is 0.108. The Labute approximate surface area is 263 Å². The van der Waals surface area contributed by atoms with Gasteiger partial charge in [-0.1, -0.05) is 132 Å². The summed E-state index contributed by atoms with van der Waals surface area (Å²) >= 11 is 2.37. The van der Waals surface area contributed by atoms with Gasteiger partial charge in [-0.05, 0) is 34.9 Å². The van der Waals surface area contributed by atoms with Crippen molar-refractivity contribution in [3.8, 4) is 0 Å². The van der Waals surface area contributed by atoms with E-state index in [4.69, 9.17) is 9.47 Å². The zero-order valence-corrected chi connectivity index (χ0v) is 25.4. The second kappa shape index (κ2) is 13.0. The van der Waals surface area contributed by atoms with Crippen LogP contribution in [0.2, 0.25) is 0 Å². The maximum atomic E-state index is 13.0. The Hall–Kier alpha value is -4.12. The first kappa shape index (κ1) is 29.0. The van der Waals surface area contributed by atoms with E-state index < -0.39 is 17.5 Å². The molecular weight excluding hydrogens is 653 g/mol. The number of hydrogen-bond donors (Lipinski definition) is 1. The Kier molecular flexibility index (Phi) is 8.78. The average molecular weight is 684 g/mol. The van der Waals surface area contributed by atoms with Crippen molar-refractivity contribution in [3.63, 3.8) is 0 Å². The molecule has 6 rings (SSSR count). The van der Waals surface area contributed by atoms with Crippen LogP contribution in [-0.4, -0.2) is 32.1 Å². The van der Waals surface area contributed by atoms with E-state index in [1.54, 1.807) is 36.5 Å². The summed E-state index contributed by atoms with van der Waals surface area (Å²) in [6.07, 6.45) is 1.45. The highest BCUT2D eigenvalue weighted by molar-refractivity contribution is 14.1. The molecule has 8 heteroatoms. The van der Waals surface area contributed by atoms with Crippen LogP contribution in [0.25, 0.3) is 0 Å². The SMILES string of the molecule is O=C(Nc1ccn([C@@H]2C[C@H](I)[C@H](COC(c3ccccc3)(c3ccccc3)c3ccccc3)O2)c(=O)n1)c1ccccc1. The number of halogens is 1. The summed E-state index contributed by atoms with van der Waals surface area (Å²) in [4.78, 5) is 29.6. The van der Waals surface area contributed by atoms with Crippen LogP contribution < -0.4 is 11.0 Å². The van der Waals surface area contributed by atoms with E-state index in [1.807, 2.05) is 60.7 Å². The second-order valence-corrected chi connectivity index (χ2v) is 11.9. The van der Waals surface area contributed by atoms with E-state index in [0.29, 0.717) is 18.6 Å². The standard InChI is InChI=1S/C35H30IN3O4/c36-29-23-32(39-22-21-31(38-34(39)41)37-33(40)25-13-5-1-6-14-25)43-30(29)24-42-35(26-15-7-2-8-16-26,27-17-9-3-10-18-27)28-19-11-4-12-20-28/h1-22,29-30,32H,23-24H2,(H,37,38,40,41)/t29-,30-,32-/m0/s1. The predicted octanol–water partition coefficient (Wildman–Crippen LogP) is 6.60. The van der Waals surface area contributed by atoms with Gasteiger partial charge in [0.05, 0.1) is 12.7 Å². The van der Waals surface area contributed by atoms with Crippen molar-refractivity contribution in [1.82, 2.24) is 9.55 Å². The number of alkyl halides is 1. The first-order chi connectivity index (χ1) is 21.0. The number of carbonyl (C=O) groups excluding carboxylic acids is 1. The molecule has 1 amide bonds. The second-order valence-electron chi connectivity index (χ2n) is 10.3. The highest BCUT2D eigenvalue weighted by Gasteiger charge is 2.41. The van der Waals surface area contributed by atoms with Crippen LogP contribution in [0.4, 0.5) is 5.82 Å². The topological polar surface area (TPSA) is 82.5 Å². The van der Waals surface area contributed by atoms with Crippen LogP contribution in [0.3, 0.4) is 0 Å². The van der Waals surface area contributed by atoms with Crippen molar-refractivity contribution in [1.29, 1.82) is 0 Å². The summed E-state index contributed by atoms with van der Waals surface area (Å²) in [7, 11) is 0. The lowest BCUT2D eigenvalue weighted by molar-refractivity contribution is -0.0758. The molecule has 4 aromatic carbocycles. The highest BCUT2D eigenvalue weighted by Crippen LogP contribution is 2.42. The van der Waals surface area contributed by atoms with E-state index in [9.17, 15) is 9.59 Å². The Morgan fingerprint density at radius 3 is 1.86 bits per heavy atom. The molecule has 1 aliphatic rings. The third-order valence-electron chi connectivity index (χ3n) is 7.58. The number of rotatable bonds is 9. The van der Waals surface area contributed by atoms with Gasteiger partial charge in [-0.2, -0.15) is 4.98 Å². The molecule has 0 unspecified atom stereocenters. The smallest absolute Gasteiger partial charge is 0.351 e. The molecule has 216 valence electrons. The van der Waals surface area contributed by atoms with E-state index in [0.717, 1.165) is 16.7 Å². The molecule has 1 aromatic heterocycles. The molecule has 43 heavy (non-hydrogen) atoms. The zero-order chi connectivity index (χ0) is 29.6. The average Bonchev–Trinajstić information content (AvgIpc) is 3.43. The van der Waals surface area contributed by atoms with Crippen molar-refractivity contribution in [2.75, 3.05) is 11.9 Å². The van der Waals surface area contributed by atoms with Gasteiger partial charge in [0, 0.05) is 22.1 Å². The number of anilines is 1. The molecular formula is C35H30IN3O4. The van der Waals surface area contributed by atoms with Crippen molar-refractivity contribution >= 4 is 34.3 Å². The molecule has 1 saturated heterocycles. The minimum Gasteiger partial charge on any atom is -0.358 e. The van der Waals surface area contributed by atoms with Gasteiger partial charge >= 0.3 is 5.69 Å². The van der Waals surface area contributed by atoms with Crippen molar-refractivity contribution < 1.29 is 14.3 Å². The number of benzene rings is 4. The fourth-order valence-electron chi connectivity index (χ4n) is 5.47. The predicted molar refractivity (Wildman–Crippen MR) is 174 cm³/mol. The van der Waals surface area contributed by atoms with Crippen LogP contribution in [-0.2, 0) is 15.1 Å². The maximum Gasteiger partial charge on any atom is 0.351 e. The third-order valence-corrected chi connectivity index (χ3v) is 8.90. The number of ether oxygens (including phenoxy) is 2. The number of nitrogens with one attached hydrogen (secondary N) is 1. The maximum absolute atomic E-state index is 13.0. The van der Waals surface area contributed by atoms with E-state index in [2.05, 4.69) is 69.3 Å². The molecule has 5 aromatic rings. The normalized spacial score (nSPS) is 18.3. The fraction of sp³-hybridized carbons (Fsp3) is 0.171. The molecule has 1 N–H and O–H groups in total. The van der Waals surface area contributed by atoms with Crippen LogP contribution >= 0.6 is 22.6 Å². The Bertz CT molecular complexity index is 1620. The van der Waals surface area contributed by atoms with E-state index in [-0.39, 0.29) is 21.8 Å². The Balaban J connectivity index is 1.23. The lowest BCUT2D eigenvalue weighted by atomic mass is 9.80. The lowest BCUT2D eigenvalue weighted by Gasteiger charge is -2.37. The van der Waals surface area contributed by atoms with Crippen molar-refractivity contribution in [2.24, 2.45) is 0 Å². The van der Waals surface area contributed by atoms with Gasteiger partial charge in [0.1, 0.15) is 17.6 Å². The monoisotopic (exact) mass is 683 g/mol. The van der Waals surface area contributed by atoms with Crippen LogP contribution in [0.15, 0.2) is 138 Å². The summed E-state index contributed by atoms with van der Waals surface area (Å²) in [6.45, 7) is 0.302. The molecule has 0 spiro atoms. The van der Waals surface area contributed by atoms with Crippen molar-refractivity contribution in [2.45, 2.75) is 28.3 Å². The minimum atomic E-state index is -0.863. The van der Waals surface area contributed by atoms with Gasteiger partial charge in [-0.25, -0.2) is 4.79 Å². The highest BCUT2D eigenvalue weighted by atomic mass is 127. The molecule has 0 aliphatic carbocycles. The van der Waals surface area contributed by atoms with Crippen molar-refractivity contribution in [3.05, 3.63) is 166 Å². The number of aromatic nitrogens is 2. The molecule has 1 aliphatic heterocycles. The summed E-state index contributed by atoms with van der Waals surface area (Å²) in [5.41, 5.74) is 2.18. The first-order valence-corrected chi connectivity index (χ1v) is 15.3. The minimum absolute atomic E-state index is 0.0898. The van der Waals surface area contributed by atoms with Crippen LogP contribution in [0, 0.1) is 0 Å². The van der Waals surface area contributed by atoms with Crippen LogP contribution in [0.1, 0.15) is 39.7 Å². The van der Waals surface area contributed by atoms with Gasteiger partial charge in [-0.15, -0.1) is 0 Å².